The van der Waals surface area contributed by atoms with Gasteiger partial charge in [0.05, 0.1) is 5.52 Å². The zero-order valence-electron chi connectivity index (χ0n) is 17.2. The van der Waals surface area contributed by atoms with Crippen LogP contribution in [0.3, 0.4) is 0 Å². The molecule has 0 saturated carbocycles. The molecule has 3 aromatic carbocycles. The summed E-state index contributed by atoms with van der Waals surface area (Å²) in [6, 6.07) is 21.1. The molecule has 156 valence electrons. The van der Waals surface area contributed by atoms with Crippen LogP contribution in [0.2, 0.25) is 0 Å². The topological polar surface area (TPSA) is 78.5 Å². The second kappa shape index (κ2) is 8.44. The van der Waals surface area contributed by atoms with Crippen LogP contribution in [0.4, 0.5) is 0 Å². The van der Waals surface area contributed by atoms with Gasteiger partial charge in [-0.15, -0.1) is 0 Å². The second-order valence-electron chi connectivity index (χ2n) is 7.43. The van der Waals surface area contributed by atoms with Crippen molar-refractivity contribution < 1.29 is 18.7 Å². The Hall–Kier alpha value is -3.93. The van der Waals surface area contributed by atoms with Crippen LogP contribution in [0.15, 0.2) is 82.0 Å². The molecule has 1 unspecified atom stereocenters. The zero-order chi connectivity index (χ0) is 22.0. The van der Waals surface area contributed by atoms with E-state index in [2.05, 4.69) is 0 Å². The Morgan fingerprint density at radius 2 is 1.52 bits per heavy atom. The Morgan fingerprint density at radius 1 is 0.903 bits per heavy atom. The van der Waals surface area contributed by atoms with Crippen molar-refractivity contribution in [2.75, 3.05) is 0 Å². The summed E-state index contributed by atoms with van der Waals surface area (Å²) < 4.78 is 12.0. The SMILES string of the molecule is Cc1ccc(C(=O)C(OC(=O)Cn2c(=O)oc3ccccc32)c2ccc(C)cc2)cc1. The average Bonchev–Trinajstić information content (AvgIpc) is 3.08. The third-order valence-corrected chi connectivity index (χ3v) is 5.06. The first-order valence-electron chi connectivity index (χ1n) is 9.87. The first-order valence-corrected chi connectivity index (χ1v) is 9.87. The number of esters is 1. The number of carbonyl (C=O) groups excluding carboxylic acids is 2. The minimum Gasteiger partial charge on any atom is -0.448 e. The fraction of sp³-hybridized carbons (Fsp3) is 0.160. The van der Waals surface area contributed by atoms with Gasteiger partial charge in [0.25, 0.3) is 0 Å². The summed E-state index contributed by atoms with van der Waals surface area (Å²) in [4.78, 5) is 38.1. The van der Waals surface area contributed by atoms with E-state index in [1.165, 1.54) is 4.57 Å². The number of aryl methyl sites for hydroxylation is 2. The van der Waals surface area contributed by atoms with Crippen molar-refractivity contribution in [3.63, 3.8) is 0 Å². The van der Waals surface area contributed by atoms with E-state index in [9.17, 15) is 14.4 Å². The lowest BCUT2D eigenvalue weighted by Gasteiger charge is -2.18. The van der Waals surface area contributed by atoms with Gasteiger partial charge in [0.15, 0.2) is 11.7 Å². The number of nitrogens with zero attached hydrogens (tertiary/aromatic N) is 1. The Morgan fingerprint density at radius 3 is 2.19 bits per heavy atom. The molecule has 1 atom stereocenters. The maximum absolute atomic E-state index is 13.2. The van der Waals surface area contributed by atoms with Gasteiger partial charge in [0.1, 0.15) is 6.54 Å². The van der Waals surface area contributed by atoms with Crippen LogP contribution in [-0.4, -0.2) is 16.3 Å². The first kappa shape index (κ1) is 20.3. The van der Waals surface area contributed by atoms with E-state index in [1.807, 2.05) is 38.1 Å². The highest BCUT2D eigenvalue weighted by Gasteiger charge is 2.27. The molecular formula is C25H21NO5. The number of Topliss-reactive ketones (excluding diaryl/α,β-unsaturated/α-hetero) is 1. The Balaban J connectivity index is 1.63. The van der Waals surface area contributed by atoms with Crippen LogP contribution >= 0.6 is 0 Å². The molecule has 1 aromatic heterocycles. The van der Waals surface area contributed by atoms with Crippen molar-refractivity contribution in [2.45, 2.75) is 26.5 Å². The number of oxazole rings is 1. The molecule has 6 heteroatoms. The van der Waals surface area contributed by atoms with E-state index >= 15 is 0 Å². The van der Waals surface area contributed by atoms with Gasteiger partial charge < -0.3 is 9.15 Å². The Labute approximate surface area is 178 Å². The van der Waals surface area contributed by atoms with Crippen LogP contribution in [-0.2, 0) is 16.1 Å². The van der Waals surface area contributed by atoms with Gasteiger partial charge in [0, 0.05) is 11.1 Å². The summed E-state index contributed by atoms with van der Waals surface area (Å²) in [7, 11) is 0. The molecule has 31 heavy (non-hydrogen) atoms. The Kier molecular flexibility index (Phi) is 5.54. The summed E-state index contributed by atoms with van der Waals surface area (Å²) in [5, 5.41) is 0. The smallest absolute Gasteiger partial charge is 0.420 e. The molecule has 0 aliphatic carbocycles. The maximum Gasteiger partial charge on any atom is 0.420 e. The molecular weight excluding hydrogens is 394 g/mol. The molecule has 4 rings (SSSR count). The first-order chi connectivity index (χ1) is 14.9. The van der Waals surface area contributed by atoms with Crippen molar-refractivity contribution in [1.29, 1.82) is 0 Å². The number of carbonyl (C=O) groups is 2. The number of aromatic nitrogens is 1. The third-order valence-electron chi connectivity index (χ3n) is 5.06. The quantitative estimate of drug-likeness (QED) is 0.345. The van der Waals surface area contributed by atoms with Crippen LogP contribution in [0.5, 0.6) is 0 Å². The lowest BCUT2D eigenvalue weighted by atomic mass is 9.98. The standard InChI is InChI=1S/C25H21NO5/c1-16-7-11-18(12-8-16)23(28)24(19-13-9-17(2)10-14-19)31-22(27)15-26-20-5-3-4-6-21(20)30-25(26)29/h3-14,24H,15H2,1-2H3. The summed E-state index contributed by atoms with van der Waals surface area (Å²) >= 11 is 0. The number of fused-ring (bicyclic) bond motifs is 1. The minimum absolute atomic E-state index is 0.332. The van der Waals surface area contributed by atoms with Gasteiger partial charge in [0.2, 0.25) is 5.78 Å². The lowest BCUT2D eigenvalue weighted by Crippen LogP contribution is -2.26. The monoisotopic (exact) mass is 415 g/mol. The zero-order valence-corrected chi connectivity index (χ0v) is 17.2. The van der Waals surface area contributed by atoms with Crippen LogP contribution in [0.1, 0.15) is 33.2 Å². The number of ether oxygens (including phenoxy) is 1. The molecule has 6 nitrogen and oxygen atoms in total. The lowest BCUT2D eigenvalue weighted by molar-refractivity contribution is -0.148. The van der Waals surface area contributed by atoms with E-state index in [0.29, 0.717) is 22.2 Å². The molecule has 0 aliphatic heterocycles. The number of para-hydroxylation sites is 2. The van der Waals surface area contributed by atoms with Gasteiger partial charge in [-0.3, -0.25) is 14.2 Å². The fourth-order valence-electron chi connectivity index (χ4n) is 3.34. The van der Waals surface area contributed by atoms with Gasteiger partial charge in [-0.1, -0.05) is 71.8 Å². The molecule has 0 bridgehead atoms. The predicted octanol–water partition coefficient (Wildman–Crippen LogP) is 4.38. The molecule has 0 saturated heterocycles. The molecule has 1 heterocycles. The molecule has 0 radical (unpaired) electrons. The number of ketones is 1. The highest BCUT2D eigenvalue weighted by Crippen LogP contribution is 2.24. The highest BCUT2D eigenvalue weighted by atomic mass is 16.5. The largest absolute Gasteiger partial charge is 0.448 e. The number of hydrogen-bond donors (Lipinski definition) is 0. The summed E-state index contributed by atoms with van der Waals surface area (Å²) in [5.41, 5.74) is 3.91. The van der Waals surface area contributed by atoms with Crippen molar-refractivity contribution in [3.05, 3.63) is 106 Å². The van der Waals surface area contributed by atoms with Gasteiger partial charge >= 0.3 is 11.7 Å². The highest BCUT2D eigenvalue weighted by molar-refractivity contribution is 6.01. The summed E-state index contributed by atoms with van der Waals surface area (Å²) in [5.74, 6) is -1.70. The second-order valence-corrected chi connectivity index (χ2v) is 7.43. The van der Waals surface area contributed by atoms with E-state index in [-0.39, 0.29) is 12.3 Å². The predicted molar refractivity (Wildman–Crippen MR) is 116 cm³/mol. The van der Waals surface area contributed by atoms with Gasteiger partial charge in [-0.25, -0.2) is 4.79 Å². The molecule has 4 aromatic rings. The third kappa shape index (κ3) is 4.33. The minimum atomic E-state index is -1.12. The van der Waals surface area contributed by atoms with Crippen LogP contribution in [0.25, 0.3) is 11.1 Å². The number of benzene rings is 3. The fourth-order valence-corrected chi connectivity index (χ4v) is 3.34. The number of rotatable bonds is 6. The van der Waals surface area contributed by atoms with E-state index in [1.54, 1.807) is 48.5 Å². The summed E-state index contributed by atoms with van der Waals surface area (Å²) in [6.45, 7) is 3.50. The molecule has 0 fully saturated rings. The van der Waals surface area contributed by atoms with E-state index < -0.39 is 17.8 Å². The molecule has 0 spiro atoms. The normalized spacial score (nSPS) is 11.9. The summed E-state index contributed by atoms with van der Waals surface area (Å²) in [6.07, 6.45) is -1.12. The molecule has 0 N–H and O–H groups in total. The van der Waals surface area contributed by atoms with Crippen molar-refractivity contribution >= 4 is 22.9 Å². The molecule has 0 amide bonds. The van der Waals surface area contributed by atoms with Crippen molar-refractivity contribution in [1.82, 2.24) is 4.57 Å². The Bertz CT molecular complexity index is 1300. The number of hydrogen-bond acceptors (Lipinski definition) is 5. The average molecular weight is 415 g/mol. The molecule has 0 aliphatic rings. The van der Waals surface area contributed by atoms with Crippen molar-refractivity contribution in [3.8, 4) is 0 Å². The van der Waals surface area contributed by atoms with E-state index in [0.717, 1.165) is 11.1 Å². The maximum atomic E-state index is 13.2. The van der Waals surface area contributed by atoms with Gasteiger partial charge in [-0.05, 0) is 26.0 Å². The van der Waals surface area contributed by atoms with Crippen LogP contribution < -0.4 is 5.76 Å². The van der Waals surface area contributed by atoms with Gasteiger partial charge in [-0.2, -0.15) is 0 Å². The van der Waals surface area contributed by atoms with E-state index in [4.69, 9.17) is 9.15 Å². The van der Waals surface area contributed by atoms with Crippen LogP contribution in [0, 0.1) is 13.8 Å². The van der Waals surface area contributed by atoms with Crippen molar-refractivity contribution in [2.24, 2.45) is 0 Å².